The molecular weight excluding hydrogens is 294 g/mol. The predicted octanol–water partition coefficient (Wildman–Crippen LogP) is 2.36. The van der Waals surface area contributed by atoms with E-state index < -0.39 is 8.88 Å². The third kappa shape index (κ3) is 13.1. The quantitative estimate of drug-likeness (QED) is 0.506. The molecule has 0 saturated carbocycles. The molecule has 0 amide bonds. The Hall–Kier alpha value is -0.790. The van der Waals surface area contributed by atoms with Crippen LogP contribution in [0.15, 0.2) is 12.7 Å². The van der Waals surface area contributed by atoms with Gasteiger partial charge in [0.15, 0.2) is 3.79 Å². The van der Waals surface area contributed by atoms with Gasteiger partial charge in [-0.1, -0.05) is 34.8 Å². The van der Waals surface area contributed by atoms with Gasteiger partial charge in [0.2, 0.25) is 0 Å². The number of rotatable bonds is 4. The van der Waals surface area contributed by atoms with Gasteiger partial charge in [-0.25, -0.2) is 15.4 Å². The fourth-order valence-electron chi connectivity index (χ4n) is 0.947. The molecule has 7 nitrogen and oxygen atoms in total. The minimum atomic E-state index is -1.25. The molecule has 17 heavy (non-hydrogen) atoms. The van der Waals surface area contributed by atoms with E-state index in [1.54, 1.807) is 11.0 Å². The van der Waals surface area contributed by atoms with E-state index in [0.717, 1.165) is 19.4 Å². The van der Waals surface area contributed by atoms with Gasteiger partial charge in [0.1, 0.15) is 17.6 Å². The molecule has 1 aromatic rings. The molecule has 0 atom stereocenters. The molecule has 10 heteroatoms. The standard InChI is InChI=1S/C7H10Cl3N3.H2NO3/c8-7(9,10)3-1-2-4-13-6-11-5-12-13;2-1(3)4/h5-6H,1-4H2;(H2,2,3,4)/q;+1. The Morgan fingerprint density at radius 3 is 2.29 bits per heavy atom. The first-order valence-corrected chi connectivity index (χ1v) is 5.69. The monoisotopic (exact) mass is 305 g/mol. The van der Waals surface area contributed by atoms with Crippen molar-refractivity contribution in [3.63, 3.8) is 0 Å². The number of unbranched alkanes of at least 4 members (excludes halogenated alkanes) is 1. The molecule has 98 valence electrons. The molecule has 0 aliphatic carbocycles. The van der Waals surface area contributed by atoms with Crippen molar-refractivity contribution >= 4 is 34.8 Å². The molecule has 1 heterocycles. The maximum Gasteiger partial charge on any atom is 0.472 e. The number of alkyl halides is 3. The SMILES string of the molecule is ClC(Cl)(Cl)CCCCn1cncn1.O=[N+](O)O. The van der Waals surface area contributed by atoms with Gasteiger partial charge >= 0.3 is 5.09 Å². The summed E-state index contributed by atoms with van der Waals surface area (Å²) in [6.45, 7) is 0.820. The maximum absolute atomic E-state index is 8.47. The van der Waals surface area contributed by atoms with Crippen LogP contribution >= 0.6 is 34.8 Å². The second-order valence-electron chi connectivity index (χ2n) is 2.98. The van der Waals surface area contributed by atoms with Gasteiger partial charge < -0.3 is 0 Å². The number of hydrogen-bond donors (Lipinski definition) is 2. The van der Waals surface area contributed by atoms with E-state index >= 15 is 0 Å². The number of halogens is 3. The second-order valence-corrected chi connectivity index (χ2v) is 5.50. The molecule has 0 spiro atoms. The third-order valence-corrected chi connectivity index (χ3v) is 2.13. The minimum Gasteiger partial charge on any atom is -0.253 e. The highest BCUT2D eigenvalue weighted by Crippen LogP contribution is 2.31. The van der Waals surface area contributed by atoms with Crippen LogP contribution in [-0.4, -0.2) is 34.1 Å². The first-order valence-electron chi connectivity index (χ1n) is 4.55. The summed E-state index contributed by atoms with van der Waals surface area (Å²) in [7, 11) is 0. The Labute approximate surface area is 112 Å². The van der Waals surface area contributed by atoms with E-state index in [9.17, 15) is 0 Å². The summed E-state index contributed by atoms with van der Waals surface area (Å²) < 4.78 is 0.640. The summed E-state index contributed by atoms with van der Waals surface area (Å²) in [6, 6.07) is 0. The Morgan fingerprint density at radius 1 is 1.29 bits per heavy atom. The van der Waals surface area contributed by atoms with Crippen molar-refractivity contribution in [2.45, 2.75) is 29.6 Å². The molecule has 0 unspecified atom stereocenters. The topological polar surface area (TPSA) is 91.2 Å². The van der Waals surface area contributed by atoms with Crippen molar-refractivity contribution in [3.05, 3.63) is 17.6 Å². The van der Waals surface area contributed by atoms with E-state index in [0.29, 0.717) is 6.42 Å². The number of hydrogen-bond acceptors (Lipinski definition) is 3. The van der Waals surface area contributed by atoms with Crippen molar-refractivity contribution in [1.82, 2.24) is 14.8 Å². The molecule has 0 saturated heterocycles. The van der Waals surface area contributed by atoms with E-state index in [1.807, 2.05) is 0 Å². The Kier molecular flexibility index (Phi) is 7.94. The Bertz CT molecular complexity index is 311. The fraction of sp³-hybridized carbons (Fsp3) is 0.714. The lowest BCUT2D eigenvalue weighted by Gasteiger charge is -2.09. The third-order valence-electron chi connectivity index (χ3n) is 1.56. The lowest BCUT2D eigenvalue weighted by molar-refractivity contribution is -0.969. The summed E-state index contributed by atoms with van der Waals surface area (Å²) in [6.07, 6.45) is 5.57. The summed E-state index contributed by atoms with van der Waals surface area (Å²) in [5.41, 5.74) is 0. The zero-order valence-electron chi connectivity index (χ0n) is 8.71. The van der Waals surface area contributed by atoms with Crippen molar-refractivity contribution in [3.8, 4) is 0 Å². The lowest BCUT2D eigenvalue weighted by Crippen LogP contribution is -2.03. The van der Waals surface area contributed by atoms with Crippen LogP contribution in [0.4, 0.5) is 0 Å². The van der Waals surface area contributed by atoms with Gasteiger partial charge in [-0.05, 0) is 19.3 Å². The van der Waals surface area contributed by atoms with Gasteiger partial charge in [-0.3, -0.25) is 4.68 Å². The van der Waals surface area contributed by atoms with Crippen LogP contribution in [0.25, 0.3) is 0 Å². The highest BCUT2D eigenvalue weighted by Gasteiger charge is 2.17. The van der Waals surface area contributed by atoms with Gasteiger partial charge in [-0.2, -0.15) is 5.10 Å². The van der Waals surface area contributed by atoms with Crippen molar-refractivity contribution in [2.75, 3.05) is 0 Å². The van der Waals surface area contributed by atoms with Crippen LogP contribution in [0.2, 0.25) is 0 Å². The molecular formula is C7H12Cl3N4O3+. The van der Waals surface area contributed by atoms with Gasteiger partial charge in [-0.15, -0.1) is 0 Å². The molecule has 0 aromatic carbocycles. The Morgan fingerprint density at radius 2 is 1.88 bits per heavy atom. The van der Waals surface area contributed by atoms with Crippen LogP contribution in [0.5, 0.6) is 0 Å². The van der Waals surface area contributed by atoms with Crippen molar-refractivity contribution in [1.29, 1.82) is 0 Å². The zero-order chi connectivity index (χ0) is 13.3. The molecule has 1 aromatic heterocycles. The predicted molar refractivity (Wildman–Crippen MR) is 61.4 cm³/mol. The molecule has 2 N–H and O–H groups in total. The summed E-state index contributed by atoms with van der Waals surface area (Å²) in [5.74, 6) is 0. The number of nitrogens with zero attached hydrogens (tertiary/aromatic N) is 4. The maximum atomic E-state index is 8.47. The van der Waals surface area contributed by atoms with Crippen LogP contribution in [0, 0.1) is 4.91 Å². The molecule has 0 radical (unpaired) electrons. The normalized spacial score (nSPS) is 10.5. The first-order chi connectivity index (χ1) is 7.81. The minimum absolute atomic E-state index is 0.576. The number of aromatic nitrogens is 3. The largest absolute Gasteiger partial charge is 0.472 e. The van der Waals surface area contributed by atoms with Crippen LogP contribution in [0.1, 0.15) is 19.3 Å². The molecule has 1 rings (SSSR count). The fourth-order valence-corrected chi connectivity index (χ4v) is 1.35. The van der Waals surface area contributed by atoms with Gasteiger partial charge in [0.25, 0.3) is 0 Å². The molecule has 0 aliphatic rings. The highest BCUT2D eigenvalue weighted by molar-refractivity contribution is 6.67. The highest BCUT2D eigenvalue weighted by atomic mass is 35.6. The van der Waals surface area contributed by atoms with Crippen LogP contribution in [0.3, 0.4) is 0 Å². The second kappa shape index (κ2) is 8.32. The van der Waals surface area contributed by atoms with E-state index in [2.05, 4.69) is 10.1 Å². The summed E-state index contributed by atoms with van der Waals surface area (Å²) in [5, 5.41) is 16.5. The smallest absolute Gasteiger partial charge is 0.253 e. The summed E-state index contributed by atoms with van der Waals surface area (Å²) >= 11 is 16.8. The van der Waals surface area contributed by atoms with Crippen LogP contribution in [-0.2, 0) is 6.54 Å². The van der Waals surface area contributed by atoms with E-state index in [-0.39, 0.29) is 0 Å². The zero-order valence-corrected chi connectivity index (χ0v) is 11.0. The molecule has 0 bridgehead atoms. The van der Waals surface area contributed by atoms with E-state index in [1.165, 1.54) is 6.33 Å². The molecule has 0 fully saturated rings. The average Bonchev–Trinajstić information content (AvgIpc) is 2.62. The van der Waals surface area contributed by atoms with Gasteiger partial charge in [0, 0.05) is 6.54 Å². The summed E-state index contributed by atoms with van der Waals surface area (Å²) in [4.78, 5) is 12.3. The Balaban J connectivity index is 0.000000557. The average molecular weight is 307 g/mol. The van der Waals surface area contributed by atoms with Gasteiger partial charge in [0.05, 0.1) is 0 Å². The molecule has 0 aliphatic heterocycles. The lowest BCUT2D eigenvalue weighted by atomic mass is 10.2. The van der Waals surface area contributed by atoms with Crippen LogP contribution < -0.4 is 0 Å². The first kappa shape index (κ1) is 16.2. The van der Waals surface area contributed by atoms with Crippen molar-refractivity contribution < 1.29 is 15.5 Å². The number of aryl methyl sites for hydroxylation is 1. The van der Waals surface area contributed by atoms with E-state index in [4.69, 9.17) is 50.1 Å². The van der Waals surface area contributed by atoms with Crippen molar-refractivity contribution in [2.24, 2.45) is 0 Å².